The first-order valence-corrected chi connectivity index (χ1v) is 10.8. The van der Waals surface area contributed by atoms with Gasteiger partial charge in [0.1, 0.15) is 11.5 Å². The SMILES string of the molecule is CCc1sc(C(=O)Nc2c(NCc3ccccc3)c(=O)[nH]c(=O)n2CCOC)cc1C. The summed E-state index contributed by atoms with van der Waals surface area (Å²) in [7, 11) is 1.52. The lowest BCUT2D eigenvalue weighted by atomic mass is 10.2. The van der Waals surface area contributed by atoms with E-state index in [4.69, 9.17) is 4.74 Å². The predicted octanol–water partition coefficient (Wildman–Crippen LogP) is 2.98. The minimum absolute atomic E-state index is 0.121. The van der Waals surface area contributed by atoms with Crippen molar-refractivity contribution in [3.8, 4) is 0 Å². The maximum Gasteiger partial charge on any atom is 0.330 e. The van der Waals surface area contributed by atoms with Crippen molar-refractivity contribution in [2.24, 2.45) is 0 Å². The number of benzene rings is 1. The van der Waals surface area contributed by atoms with E-state index >= 15 is 0 Å². The molecule has 9 heteroatoms. The van der Waals surface area contributed by atoms with Crippen LogP contribution in [0.1, 0.15) is 32.6 Å². The zero-order chi connectivity index (χ0) is 22.4. The van der Waals surface area contributed by atoms with Gasteiger partial charge in [0.2, 0.25) is 0 Å². The van der Waals surface area contributed by atoms with Gasteiger partial charge in [-0.25, -0.2) is 4.79 Å². The summed E-state index contributed by atoms with van der Waals surface area (Å²) in [5.41, 5.74) is 0.913. The van der Waals surface area contributed by atoms with E-state index in [2.05, 4.69) is 15.6 Å². The molecule has 0 saturated heterocycles. The minimum Gasteiger partial charge on any atom is -0.383 e. The molecule has 164 valence electrons. The summed E-state index contributed by atoms with van der Waals surface area (Å²) in [6.45, 7) is 4.76. The van der Waals surface area contributed by atoms with Gasteiger partial charge in [0.05, 0.1) is 18.0 Å². The molecular formula is C22H26N4O4S. The van der Waals surface area contributed by atoms with Crippen LogP contribution in [0, 0.1) is 6.92 Å². The molecule has 0 fully saturated rings. The van der Waals surface area contributed by atoms with Gasteiger partial charge in [-0.05, 0) is 30.5 Å². The number of methoxy groups -OCH3 is 1. The third-order valence-corrected chi connectivity index (χ3v) is 6.21. The Morgan fingerprint density at radius 3 is 2.61 bits per heavy atom. The summed E-state index contributed by atoms with van der Waals surface area (Å²) in [4.78, 5) is 42.1. The van der Waals surface area contributed by atoms with Crippen molar-refractivity contribution in [1.82, 2.24) is 9.55 Å². The Balaban J connectivity index is 1.99. The highest BCUT2D eigenvalue weighted by Gasteiger charge is 2.20. The molecule has 31 heavy (non-hydrogen) atoms. The first-order valence-electron chi connectivity index (χ1n) is 9.99. The number of carbonyl (C=O) groups excluding carboxylic acids is 1. The number of hydrogen-bond acceptors (Lipinski definition) is 6. The minimum atomic E-state index is -0.612. The van der Waals surface area contributed by atoms with Crippen molar-refractivity contribution in [2.45, 2.75) is 33.4 Å². The van der Waals surface area contributed by atoms with Crippen LogP contribution in [-0.4, -0.2) is 29.2 Å². The zero-order valence-corrected chi connectivity index (χ0v) is 18.6. The largest absolute Gasteiger partial charge is 0.383 e. The van der Waals surface area contributed by atoms with Crippen LogP contribution in [0.4, 0.5) is 11.5 Å². The van der Waals surface area contributed by atoms with Gasteiger partial charge in [-0.15, -0.1) is 11.3 Å². The van der Waals surface area contributed by atoms with Crippen molar-refractivity contribution in [3.05, 3.63) is 78.1 Å². The Kier molecular flexibility index (Phi) is 7.43. The average Bonchev–Trinajstić information content (AvgIpc) is 3.14. The highest BCUT2D eigenvalue weighted by molar-refractivity contribution is 7.14. The van der Waals surface area contributed by atoms with Crippen LogP contribution in [0.2, 0.25) is 0 Å². The van der Waals surface area contributed by atoms with E-state index in [1.54, 1.807) is 0 Å². The molecule has 1 amide bonds. The van der Waals surface area contributed by atoms with Crippen molar-refractivity contribution in [3.63, 3.8) is 0 Å². The Labute approximate surface area is 183 Å². The van der Waals surface area contributed by atoms with Crippen LogP contribution >= 0.6 is 11.3 Å². The van der Waals surface area contributed by atoms with E-state index in [1.165, 1.54) is 23.0 Å². The molecule has 1 aromatic carbocycles. The molecule has 0 aliphatic rings. The summed E-state index contributed by atoms with van der Waals surface area (Å²) in [6, 6.07) is 11.4. The van der Waals surface area contributed by atoms with Crippen LogP contribution in [0.25, 0.3) is 0 Å². The molecule has 0 aliphatic carbocycles. The fourth-order valence-electron chi connectivity index (χ4n) is 3.20. The Morgan fingerprint density at radius 2 is 1.97 bits per heavy atom. The number of ether oxygens (including phenoxy) is 1. The third-order valence-electron chi connectivity index (χ3n) is 4.83. The number of hydrogen-bond donors (Lipinski definition) is 3. The summed E-state index contributed by atoms with van der Waals surface area (Å²) >= 11 is 1.40. The maximum absolute atomic E-state index is 13.0. The molecular weight excluding hydrogens is 416 g/mol. The van der Waals surface area contributed by atoms with Crippen molar-refractivity contribution >= 4 is 28.7 Å². The summed E-state index contributed by atoms with van der Waals surface area (Å²) in [5, 5.41) is 5.85. The molecule has 0 bridgehead atoms. The van der Waals surface area contributed by atoms with E-state index in [0.717, 1.165) is 22.4 Å². The number of aromatic amines is 1. The first kappa shape index (κ1) is 22.5. The van der Waals surface area contributed by atoms with Gasteiger partial charge in [-0.2, -0.15) is 0 Å². The molecule has 0 unspecified atom stereocenters. The van der Waals surface area contributed by atoms with Gasteiger partial charge in [0.25, 0.3) is 11.5 Å². The van der Waals surface area contributed by atoms with E-state index in [-0.39, 0.29) is 30.6 Å². The Bertz CT molecular complexity index is 1160. The number of carbonyl (C=O) groups is 1. The highest BCUT2D eigenvalue weighted by Crippen LogP contribution is 2.24. The molecule has 0 radical (unpaired) electrons. The normalized spacial score (nSPS) is 10.8. The van der Waals surface area contributed by atoms with Gasteiger partial charge >= 0.3 is 5.69 Å². The highest BCUT2D eigenvalue weighted by atomic mass is 32.1. The molecule has 3 aromatic rings. The molecule has 2 aromatic heterocycles. The van der Waals surface area contributed by atoms with E-state index in [9.17, 15) is 14.4 Å². The second kappa shape index (κ2) is 10.2. The molecule has 0 saturated carbocycles. The van der Waals surface area contributed by atoms with Gasteiger partial charge in [0, 0.05) is 18.5 Å². The lowest BCUT2D eigenvalue weighted by Crippen LogP contribution is -2.36. The smallest absolute Gasteiger partial charge is 0.330 e. The maximum atomic E-state index is 13.0. The molecule has 0 atom stereocenters. The Morgan fingerprint density at radius 1 is 1.23 bits per heavy atom. The summed E-state index contributed by atoms with van der Waals surface area (Å²) in [6.07, 6.45) is 0.831. The number of amides is 1. The van der Waals surface area contributed by atoms with E-state index < -0.39 is 11.2 Å². The predicted molar refractivity (Wildman–Crippen MR) is 123 cm³/mol. The van der Waals surface area contributed by atoms with Crippen LogP contribution in [-0.2, 0) is 24.2 Å². The third kappa shape index (κ3) is 5.31. The number of nitrogens with zero attached hydrogens (tertiary/aromatic N) is 1. The van der Waals surface area contributed by atoms with Crippen molar-refractivity contribution < 1.29 is 9.53 Å². The lowest BCUT2D eigenvalue weighted by molar-refractivity contribution is 0.102. The van der Waals surface area contributed by atoms with Crippen LogP contribution < -0.4 is 21.9 Å². The van der Waals surface area contributed by atoms with Crippen molar-refractivity contribution in [1.29, 1.82) is 0 Å². The fraction of sp³-hybridized carbons (Fsp3) is 0.318. The second-order valence-electron chi connectivity index (χ2n) is 6.99. The van der Waals surface area contributed by atoms with Crippen LogP contribution in [0.15, 0.2) is 46.0 Å². The van der Waals surface area contributed by atoms with Crippen LogP contribution in [0.5, 0.6) is 0 Å². The van der Waals surface area contributed by atoms with E-state index in [1.807, 2.05) is 50.2 Å². The first-order chi connectivity index (χ1) is 14.9. The fourth-order valence-corrected chi connectivity index (χ4v) is 4.21. The number of aromatic nitrogens is 2. The van der Waals surface area contributed by atoms with Gasteiger partial charge in [0.15, 0.2) is 0 Å². The van der Waals surface area contributed by atoms with Gasteiger partial charge in [-0.1, -0.05) is 37.3 Å². The number of thiophene rings is 1. The van der Waals surface area contributed by atoms with Gasteiger partial charge < -0.3 is 15.4 Å². The molecule has 8 nitrogen and oxygen atoms in total. The summed E-state index contributed by atoms with van der Waals surface area (Å²) < 4.78 is 6.40. The molecule has 2 heterocycles. The number of anilines is 2. The summed E-state index contributed by atoms with van der Waals surface area (Å²) in [5.74, 6) is -0.248. The van der Waals surface area contributed by atoms with Crippen molar-refractivity contribution in [2.75, 3.05) is 24.4 Å². The number of rotatable bonds is 9. The molecule has 3 N–H and O–H groups in total. The molecule has 0 spiro atoms. The van der Waals surface area contributed by atoms with Gasteiger partial charge in [-0.3, -0.25) is 19.1 Å². The topological polar surface area (TPSA) is 105 Å². The second-order valence-corrected chi connectivity index (χ2v) is 8.13. The quantitative estimate of drug-likeness (QED) is 0.473. The van der Waals surface area contributed by atoms with E-state index in [0.29, 0.717) is 11.4 Å². The Hall–Kier alpha value is -3.17. The standard InChI is InChI=1S/C22H26N4O4S/c1-4-16-14(2)12-17(31-16)20(27)24-19-18(23-13-15-8-6-5-7-9-15)21(28)25-22(29)26(19)10-11-30-3/h5-9,12,23H,4,10-11,13H2,1-3H3,(H,24,27)(H,25,28,29). The average molecular weight is 443 g/mol. The molecule has 0 aliphatic heterocycles. The number of H-pyrrole nitrogens is 1. The molecule has 3 rings (SSSR count). The number of aryl methyl sites for hydroxylation is 2. The monoisotopic (exact) mass is 442 g/mol. The number of nitrogens with one attached hydrogen (secondary N) is 3. The zero-order valence-electron chi connectivity index (χ0n) is 17.8. The lowest BCUT2D eigenvalue weighted by Gasteiger charge is -2.17. The van der Waals surface area contributed by atoms with Crippen LogP contribution in [0.3, 0.4) is 0 Å².